The third-order valence-corrected chi connectivity index (χ3v) is 7.28. The summed E-state index contributed by atoms with van der Waals surface area (Å²) in [5, 5.41) is 29.5. The van der Waals surface area contributed by atoms with E-state index in [1.807, 2.05) is 34.9 Å². The largest absolute Gasteiger partial charge is 0.497 e. The Morgan fingerprint density at radius 2 is 1.87 bits per heavy atom. The van der Waals surface area contributed by atoms with Gasteiger partial charge in [0, 0.05) is 16.2 Å². The average molecular weight is 566 g/mol. The number of nitrogens with zero attached hydrogens (tertiary/aromatic N) is 5. The van der Waals surface area contributed by atoms with Crippen molar-refractivity contribution in [3.05, 3.63) is 98.3 Å². The summed E-state index contributed by atoms with van der Waals surface area (Å²) in [5.41, 5.74) is 2.53. The molecule has 3 aromatic carbocycles. The minimum Gasteiger partial charge on any atom is -0.497 e. The lowest BCUT2D eigenvalue weighted by Gasteiger charge is -2.18. The van der Waals surface area contributed by atoms with Gasteiger partial charge in [-0.2, -0.15) is 5.26 Å². The second kappa shape index (κ2) is 12.5. The molecule has 0 saturated heterocycles. The number of benzene rings is 3. The van der Waals surface area contributed by atoms with Crippen molar-refractivity contribution in [1.29, 1.82) is 5.26 Å². The second-order valence-corrected chi connectivity index (χ2v) is 9.85. The first kappa shape index (κ1) is 27.8. The molecular formula is C27H24ClN5O5S. The van der Waals surface area contributed by atoms with Crippen LogP contribution in [-0.2, 0) is 6.61 Å². The molecule has 1 heterocycles. The minimum atomic E-state index is -0.666. The molecule has 10 nitrogen and oxygen atoms in total. The molecule has 0 unspecified atom stereocenters. The highest BCUT2D eigenvalue weighted by Crippen LogP contribution is 2.43. The van der Waals surface area contributed by atoms with Crippen LogP contribution in [0.5, 0.6) is 17.2 Å². The molecule has 0 bridgehead atoms. The summed E-state index contributed by atoms with van der Waals surface area (Å²) in [6.07, 6.45) is 0. The van der Waals surface area contributed by atoms with Crippen molar-refractivity contribution in [1.82, 2.24) is 14.8 Å². The van der Waals surface area contributed by atoms with Crippen LogP contribution in [-0.4, -0.2) is 40.5 Å². The lowest BCUT2D eigenvalue weighted by Crippen LogP contribution is -2.12. The van der Waals surface area contributed by atoms with E-state index in [-0.39, 0.29) is 22.3 Å². The van der Waals surface area contributed by atoms with E-state index in [9.17, 15) is 15.4 Å². The molecule has 1 aromatic heterocycles. The van der Waals surface area contributed by atoms with Crippen LogP contribution in [0.1, 0.15) is 27.8 Å². The number of ether oxygens (including phenoxy) is 3. The van der Waals surface area contributed by atoms with Gasteiger partial charge in [-0.25, -0.2) is 0 Å². The van der Waals surface area contributed by atoms with E-state index in [1.165, 1.54) is 18.9 Å². The Morgan fingerprint density at radius 1 is 1.13 bits per heavy atom. The van der Waals surface area contributed by atoms with Crippen molar-refractivity contribution in [2.75, 3.05) is 20.8 Å². The molecular weight excluding hydrogens is 542 g/mol. The van der Waals surface area contributed by atoms with Crippen LogP contribution in [0.15, 0.2) is 65.8 Å². The van der Waals surface area contributed by atoms with Gasteiger partial charge < -0.3 is 14.2 Å². The molecule has 0 aliphatic carbocycles. The van der Waals surface area contributed by atoms with E-state index in [4.69, 9.17) is 25.8 Å². The monoisotopic (exact) mass is 565 g/mol. The van der Waals surface area contributed by atoms with E-state index >= 15 is 0 Å². The van der Waals surface area contributed by atoms with Crippen molar-refractivity contribution < 1.29 is 19.1 Å². The molecule has 0 spiro atoms. The number of nitriles is 1. The summed E-state index contributed by atoms with van der Waals surface area (Å²) < 4.78 is 18.5. The standard InChI is InChI=1S/C27H24ClN5O5S/c1-17-30-31-27(33(17)21-8-10-22(36-2)11-9-21)39-25(15-32(34)35)20-12-23(28)26(24(13-20)37-3)38-16-19-7-5-4-6-18(19)14-29/h4-13,25H,15-16H2,1-3H3/t25-/m1/s1. The van der Waals surface area contributed by atoms with Gasteiger partial charge in [0.1, 0.15) is 23.4 Å². The van der Waals surface area contributed by atoms with Crippen molar-refractivity contribution in [2.24, 2.45) is 0 Å². The number of hydrogen-bond donors (Lipinski definition) is 0. The number of halogens is 1. The zero-order valence-electron chi connectivity index (χ0n) is 21.3. The molecule has 4 rings (SSSR count). The van der Waals surface area contributed by atoms with Gasteiger partial charge >= 0.3 is 0 Å². The van der Waals surface area contributed by atoms with Crippen molar-refractivity contribution >= 4 is 23.4 Å². The minimum absolute atomic E-state index is 0.0937. The lowest BCUT2D eigenvalue weighted by molar-refractivity contribution is -0.479. The Balaban J connectivity index is 1.65. The summed E-state index contributed by atoms with van der Waals surface area (Å²) in [7, 11) is 3.05. The SMILES string of the molecule is COc1ccc(-n2c(C)nnc2S[C@H](C[N+](=O)[O-])c2cc(Cl)c(OCc3ccccc3C#N)c(OC)c2)cc1. The number of methoxy groups -OCH3 is 2. The summed E-state index contributed by atoms with van der Waals surface area (Å²) in [6, 6.07) is 19.8. The van der Waals surface area contributed by atoms with Gasteiger partial charge in [-0.15, -0.1) is 10.2 Å². The van der Waals surface area contributed by atoms with Crippen LogP contribution >= 0.6 is 23.4 Å². The van der Waals surface area contributed by atoms with Crippen molar-refractivity contribution in [3.8, 4) is 29.0 Å². The first-order chi connectivity index (χ1) is 18.8. The predicted molar refractivity (Wildman–Crippen MR) is 147 cm³/mol. The lowest BCUT2D eigenvalue weighted by atomic mass is 10.1. The molecule has 0 saturated carbocycles. The van der Waals surface area contributed by atoms with Gasteiger partial charge in [-0.05, 0) is 55.0 Å². The molecule has 39 heavy (non-hydrogen) atoms. The third kappa shape index (κ3) is 6.42. The Hall–Kier alpha value is -4.27. The molecule has 0 fully saturated rings. The normalized spacial score (nSPS) is 11.5. The Kier molecular flexibility index (Phi) is 8.91. The summed E-state index contributed by atoms with van der Waals surface area (Å²) in [5.74, 6) is 1.91. The molecule has 0 amide bonds. The maximum absolute atomic E-state index is 11.7. The first-order valence-electron chi connectivity index (χ1n) is 11.7. The quantitative estimate of drug-likeness (QED) is 0.126. The van der Waals surface area contributed by atoms with E-state index in [2.05, 4.69) is 16.3 Å². The van der Waals surface area contributed by atoms with Crippen LogP contribution in [0.4, 0.5) is 0 Å². The zero-order chi connectivity index (χ0) is 27.9. The second-order valence-electron chi connectivity index (χ2n) is 8.28. The van der Waals surface area contributed by atoms with Crippen LogP contribution < -0.4 is 14.2 Å². The van der Waals surface area contributed by atoms with Gasteiger partial charge in [0.05, 0.1) is 30.9 Å². The third-order valence-electron chi connectivity index (χ3n) is 5.82. The fourth-order valence-corrected chi connectivity index (χ4v) is 5.32. The summed E-state index contributed by atoms with van der Waals surface area (Å²) >= 11 is 7.80. The van der Waals surface area contributed by atoms with Crippen LogP contribution in [0.25, 0.3) is 5.69 Å². The summed E-state index contributed by atoms with van der Waals surface area (Å²) in [6.45, 7) is 1.51. The highest BCUT2D eigenvalue weighted by Gasteiger charge is 2.26. The molecule has 12 heteroatoms. The van der Waals surface area contributed by atoms with E-state index < -0.39 is 11.8 Å². The van der Waals surface area contributed by atoms with Crippen molar-refractivity contribution in [3.63, 3.8) is 0 Å². The zero-order valence-corrected chi connectivity index (χ0v) is 22.9. The fraction of sp³-hybridized carbons (Fsp3) is 0.222. The maximum Gasteiger partial charge on any atom is 0.220 e. The fourth-order valence-electron chi connectivity index (χ4n) is 3.89. The van der Waals surface area contributed by atoms with Crippen LogP contribution in [0.2, 0.25) is 5.02 Å². The molecule has 1 atom stereocenters. The maximum atomic E-state index is 11.7. The smallest absolute Gasteiger partial charge is 0.220 e. The number of aryl methyl sites for hydroxylation is 1. The molecule has 0 aliphatic heterocycles. The van der Waals surface area contributed by atoms with Gasteiger partial charge in [0.2, 0.25) is 6.54 Å². The average Bonchev–Trinajstić information content (AvgIpc) is 3.31. The Bertz CT molecular complexity index is 1520. The Morgan fingerprint density at radius 3 is 2.54 bits per heavy atom. The molecule has 0 aliphatic rings. The number of aromatic nitrogens is 3. The van der Waals surface area contributed by atoms with Crippen LogP contribution in [0.3, 0.4) is 0 Å². The molecule has 0 radical (unpaired) electrons. The highest BCUT2D eigenvalue weighted by atomic mass is 35.5. The van der Waals surface area contributed by atoms with Gasteiger partial charge in [0.15, 0.2) is 16.7 Å². The molecule has 0 N–H and O–H groups in total. The highest BCUT2D eigenvalue weighted by molar-refractivity contribution is 7.99. The number of nitro groups is 1. The van der Waals surface area contributed by atoms with E-state index in [0.717, 1.165) is 5.69 Å². The van der Waals surface area contributed by atoms with Gasteiger partial charge in [-0.3, -0.25) is 14.7 Å². The number of rotatable bonds is 11. The van der Waals surface area contributed by atoms with Gasteiger partial charge in [-0.1, -0.05) is 41.6 Å². The Labute approximate surface area is 234 Å². The van der Waals surface area contributed by atoms with Crippen molar-refractivity contribution in [2.45, 2.75) is 23.9 Å². The van der Waals surface area contributed by atoms with Gasteiger partial charge in [0.25, 0.3) is 0 Å². The topological polar surface area (TPSA) is 125 Å². The number of thioether (sulfide) groups is 1. The number of hydrogen-bond acceptors (Lipinski definition) is 9. The molecule has 4 aromatic rings. The summed E-state index contributed by atoms with van der Waals surface area (Å²) in [4.78, 5) is 11.3. The predicted octanol–water partition coefficient (Wildman–Crippen LogP) is 5.81. The van der Waals surface area contributed by atoms with E-state index in [1.54, 1.807) is 44.4 Å². The van der Waals surface area contributed by atoms with E-state index in [0.29, 0.717) is 39.2 Å². The van der Waals surface area contributed by atoms with Crippen LogP contribution in [0, 0.1) is 28.4 Å². The molecule has 200 valence electrons. The first-order valence-corrected chi connectivity index (χ1v) is 12.9.